The van der Waals surface area contributed by atoms with Gasteiger partial charge in [-0.05, 0) is 99.4 Å². The molecule has 0 bridgehead atoms. The van der Waals surface area contributed by atoms with Gasteiger partial charge in [0.25, 0.3) is 0 Å². The summed E-state index contributed by atoms with van der Waals surface area (Å²) in [4.78, 5) is 32.9. The number of β-amino-alcohol motifs (C(OH)–C–C–N with tert-alkyl or cyclic N) is 1. The number of halogens is 2. The van der Waals surface area contributed by atoms with Gasteiger partial charge < -0.3 is 33.9 Å². The average Bonchev–Trinajstić information content (AvgIpc) is 3.76. The highest BCUT2D eigenvalue weighted by atomic mass is 19.1. The molecule has 14 heteroatoms. The fourth-order valence-electron chi connectivity index (χ4n) is 8.90. The Morgan fingerprint density at radius 2 is 1.91 bits per heavy atom. The molecule has 2 aromatic heterocycles. The molecule has 0 radical (unpaired) electrons. The average molecular weight is 777 g/mol. The lowest BCUT2D eigenvalue weighted by molar-refractivity contribution is 0.0438. The summed E-state index contributed by atoms with van der Waals surface area (Å²) >= 11 is 0. The zero-order valence-corrected chi connectivity index (χ0v) is 33.2. The first-order chi connectivity index (χ1) is 27.0. The van der Waals surface area contributed by atoms with E-state index in [-0.39, 0.29) is 54.8 Å². The molecule has 12 nitrogen and oxygen atoms in total. The van der Waals surface area contributed by atoms with Gasteiger partial charge in [-0.25, -0.2) is 13.6 Å². The quantitative estimate of drug-likeness (QED) is 0.130. The number of carbonyl (C=O) groups is 1. The van der Waals surface area contributed by atoms with E-state index >= 15 is 8.78 Å². The lowest BCUT2D eigenvalue weighted by Gasteiger charge is -2.38. The summed E-state index contributed by atoms with van der Waals surface area (Å²) in [7, 11) is 3.28. The second kappa shape index (κ2) is 16.6. The van der Waals surface area contributed by atoms with Crippen LogP contribution in [-0.4, -0.2) is 113 Å². The van der Waals surface area contributed by atoms with E-state index in [4.69, 9.17) is 28.9 Å². The number of unbranched alkanes of at least 4 members (excludes halogenated alkanes) is 1. The van der Waals surface area contributed by atoms with Crippen molar-refractivity contribution in [1.29, 1.82) is 0 Å². The first-order valence-electron chi connectivity index (χ1n) is 20.0. The number of rotatable bonds is 14. The van der Waals surface area contributed by atoms with E-state index in [1.54, 1.807) is 43.3 Å². The number of carbonyl (C=O) groups excluding carboxylic acids is 1. The number of methoxy groups -OCH3 is 1. The Morgan fingerprint density at radius 3 is 2.68 bits per heavy atom. The van der Waals surface area contributed by atoms with Crippen molar-refractivity contribution >= 4 is 33.6 Å². The SMILES string of the molecule is CCCCN(C)C(=O)OC[C@@H]1CC[C@@]2(COc3nc(N4CCC[C@@](C)(O)C4)c4cnc(-c5cc(OCOC)cc6ccc(F)c(CC)c56)c(F)c4n3)CCCN12. The zero-order valence-electron chi connectivity index (χ0n) is 33.2. The van der Waals surface area contributed by atoms with E-state index in [9.17, 15) is 9.90 Å². The van der Waals surface area contributed by atoms with Crippen molar-refractivity contribution in [3.63, 3.8) is 0 Å². The van der Waals surface area contributed by atoms with E-state index in [2.05, 4.69) is 16.8 Å². The van der Waals surface area contributed by atoms with Crippen LogP contribution in [0.1, 0.15) is 77.7 Å². The van der Waals surface area contributed by atoms with Crippen LogP contribution >= 0.6 is 0 Å². The van der Waals surface area contributed by atoms with Gasteiger partial charge in [-0.1, -0.05) is 26.3 Å². The topological polar surface area (TPSA) is 123 Å². The summed E-state index contributed by atoms with van der Waals surface area (Å²) in [5.41, 5.74) is -0.476. The van der Waals surface area contributed by atoms with Gasteiger partial charge in [-0.2, -0.15) is 9.97 Å². The molecule has 3 saturated heterocycles. The largest absolute Gasteiger partial charge is 0.468 e. The van der Waals surface area contributed by atoms with Crippen LogP contribution in [0.15, 0.2) is 30.5 Å². The molecule has 3 atom stereocenters. The Labute approximate surface area is 327 Å². The molecular weight excluding hydrogens is 722 g/mol. The third-order valence-corrected chi connectivity index (χ3v) is 11.8. The normalized spacial score (nSPS) is 22.5. The summed E-state index contributed by atoms with van der Waals surface area (Å²) in [5.74, 6) is -0.254. The Morgan fingerprint density at radius 1 is 1.09 bits per heavy atom. The van der Waals surface area contributed by atoms with Gasteiger partial charge in [0.2, 0.25) is 0 Å². The number of aryl methyl sites for hydroxylation is 1. The molecule has 3 aliphatic rings. The van der Waals surface area contributed by atoms with Crippen LogP contribution in [0.4, 0.5) is 19.4 Å². The molecule has 302 valence electrons. The van der Waals surface area contributed by atoms with E-state index in [0.29, 0.717) is 77.8 Å². The minimum Gasteiger partial charge on any atom is -0.468 e. The van der Waals surface area contributed by atoms with Crippen LogP contribution in [0.25, 0.3) is 32.9 Å². The molecule has 0 saturated carbocycles. The first kappa shape index (κ1) is 39.8. The van der Waals surface area contributed by atoms with E-state index < -0.39 is 17.2 Å². The van der Waals surface area contributed by atoms with Crippen molar-refractivity contribution in [2.75, 3.05) is 65.2 Å². The fraction of sp³-hybridized carbons (Fsp3) is 0.571. The number of anilines is 1. The van der Waals surface area contributed by atoms with Crippen molar-refractivity contribution < 1.29 is 37.6 Å². The molecule has 2 aromatic carbocycles. The maximum absolute atomic E-state index is 17.3. The summed E-state index contributed by atoms with van der Waals surface area (Å²) < 4.78 is 55.7. The standard InChI is InChI=1S/C42H54F2N6O6/c1-6-8-17-48(4)40(51)54-23-28-13-16-42(15-10-19-50(28)42)25-55-39-46-37-32(38(47-39)49-18-9-14-41(3,52)24-49)22-45-36(35(37)44)31-21-29(56-26-53-5)20-27-11-12-33(43)30(7-2)34(27)31/h11-12,20-22,28,52H,6-10,13-19,23-26H2,1-5H3/t28-,41+,42+/m0/s1. The van der Waals surface area contributed by atoms with E-state index in [1.807, 2.05) is 11.8 Å². The number of benzene rings is 2. The number of pyridine rings is 1. The Kier molecular flexibility index (Phi) is 11.8. The van der Waals surface area contributed by atoms with Gasteiger partial charge in [-0.3, -0.25) is 9.88 Å². The van der Waals surface area contributed by atoms with Crippen LogP contribution in [0.2, 0.25) is 0 Å². The van der Waals surface area contributed by atoms with Crippen molar-refractivity contribution in [2.45, 2.75) is 95.7 Å². The highest BCUT2D eigenvalue weighted by molar-refractivity contribution is 6.01. The van der Waals surface area contributed by atoms with E-state index in [1.165, 1.54) is 13.2 Å². The second-order valence-electron chi connectivity index (χ2n) is 15.9. The van der Waals surface area contributed by atoms with Gasteiger partial charge >= 0.3 is 12.1 Å². The molecular formula is C42H54F2N6O6. The molecule has 5 heterocycles. The van der Waals surface area contributed by atoms with Crippen LogP contribution in [-0.2, 0) is 15.9 Å². The van der Waals surface area contributed by atoms with Crippen molar-refractivity contribution in [3.05, 3.63) is 47.7 Å². The van der Waals surface area contributed by atoms with Gasteiger partial charge in [0.05, 0.1) is 16.5 Å². The number of hydrogen-bond acceptors (Lipinski definition) is 11. The number of ether oxygens (including phenoxy) is 4. The predicted molar refractivity (Wildman–Crippen MR) is 210 cm³/mol. The number of amides is 1. The van der Waals surface area contributed by atoms with Crippen LogP contribution in [0.5, 0.6) is 11.8 Å². The fourth-order valence-corrected chi connectivity index (χ4v) is 8.90. The number of piperidine rings is 1. The summed E-state index contributed by atoms with van der Waals surface area (Å²) in [6.07, 6.45) is 8.46. The van der Waals surface area contributed by atoms with E-state index in [0.717, 1.165) is 45.1 Å². The second-order valence-corrected chi connectivity index (χ2v) is 15.9. The molecule has 1 N–H and O–H groups in total. The molecule has 3 fully saturated rings. The Balaban J connectivity index is 1.25. The monoisotopic (exact) mass is 776 g/mol. The lowest BCUT2D eigenvalue weighted by atomic mass is 9.94. The van der Waals surface area contributed by atoms with Crippen LogP contribution < -0.4 is 14.4 Å². The Hall–Kier alpha value is -4.40. The summed E-state index contributed by atoms with van der Waals surface area (Å²) in [5, 5.41) is 12.7. The summed E-state index contributed by atoms with van der Waals surface area (Å²) in [6, 6.07) is 6.57. The minimum absolute atomic E-state index is 0.00946. The zero-order chi connectivity index (χ0) is 39.6. The molecule has 3 aliphatic heterocycles. The smallest absolute Gasteiger partial charge is 0.409 e. The van der Waals surface area contributed by atoms with Crippen molar-refractivity contribution in [1.82, 2.24) is 24.8 Å². The lowest BCUT2D eigenvalue weighted by Crippen LogP contribution is -2.48. The number of aliphatic hydroxyl groups is 1. The maximum Gasteiger partial charge on any atom is 0.409 e. The highest BCUT2D eigenvalue weighted by Gasteiger charge is 2.50. The predicted octanol–water partition coefficient (Wildman–Crippen LogP) is 7.26. The first-order valence-corrected chi connectivity index (χ1v) is 20.0. The molecule has 0 aliphatic carbocycles. The number of fused-ring (bicyclic) bond motifs is 3. The van der Waals surface area contributed by atoms with Gasteiger partial charge in [-0.15, -0.1) is 0 Å². The molecule has 0 spiro atoms. The molecule has 1 amide bonds. The van der Waals surface area contributed by atoms with Crippen LogP contribution in [0.3, 0.4) is 0 Å². The molecule has 0 unspecified atom stereocenters. The third-order valence-electron chi connectivity index (χ3n) is 11.8. The highest BCUT2D eigenvalue weighted by Crippen LogP contribution is 2.44. The van der Waals surface area contributed by atoms with Crippen molar-refractivity contribution in [2.24, 2.45) is 0 Å². The number of hydrogen-bond donors (Lipinski definition) is 1. The molecule has 56 heavy (non-hydrogen) atoms. The summed E-state index contributed by atoms with van der Waals surface area (Å²) in [6.45, 7) is 8.69. The molecule has 4 aromatic rings. The van der Waals surface area contributed by atoms with Crippen molar-refractivity contribution in [3.8, 4) is 23.0 Å². The maximum atomic E-state index is 17.3. The van der Waals surface area contributed by atoms with Crippen LogP contribution in [0, 0.1) is 11.6 Å². The number of nitrogens with zero attached hydrogens (tertiary/aromatic N) is 6. The van der Waals surface area contributed by atoms with Gasteiger partial charge in [0.1, 0.15) is 41.8 Å². The minimum atomic E-state index is -0.971. The van der Waals surface area contributed by atoms with Gasteiger partial charge in [0, 0.05) is 51.6 Å². The third kappa shape index (κ3) is 7.92. The molecule has 7 rings (SSSR count). The Bertz CT molecular complexity index is 2070. The van der Waals surface area contributed by atoms with Gasteiger partial charge in [0.15, 0.2) is 12.6 Å². The number of aromatic nitrogens is 3.